The predicted octanol–water partition coefficient (Wildman–Crippen LogP) is 3.72. The van der Waals surface area contributed by atoms with Crippen molar-refractivity contribution in [3.05, 3.63) is 53.6 Å². The molecule has 8 nitrogen and oxygen atoms in total. The van der Waals surface area contributed by atoms with Crippen LogP contribution >= 0.6 is 0 Å². The first-order valence-corrected chi connectivity index (χ1v) is 11.8. The molecule has 1 saturated heterocycles. The summed E-state index contributed by atoms with van der Waals surface area (Å²) in [6.07, 6.45) is 12.1. The molecule has 0 radical (unpaired) electrons. The first-order chi connectivity index (χ1) is 16.0. The topological polar surface area (TPSA) is 102 Å². The van der Waals surface area contributed by atoms with Crippen LogP contribution in [0.2, 0.25) is 0 Å². The number of allylic oxidation sites excluding steroid dienone is 4. The summed E-state index contributed by atoms with van der Waals surface area (Å²) in [5.74, 6) is 2.76. The van der Waals surface area contributed by atoms with E-state index in [0.29, 0.717) is 30.2 Å². The normalized spacial score (nSPS) is 27.8. The van der Waals surface area contributed by atoms with Crippen molar-refractivity contribution >= 4 is 17.8 Å². The van der Waals surface area contributed by atoms with E-state index in [0.717, 1.165) is 29.7 Å². The van der Waals surface area contributed by atoms with E-state index in [4.69, 9.17) is 9.47 Å². The summed E-state index contributed by atoms with van der Waals surface area (Å²) < 4.78 is 12.0. The fourth-order valence-corrected chi connectivity index (χ4v) is 4.93. The number of fused-ring (bicyclic) bond motifs is 2. The van der Waals surface area contributed by atoms with E-state index in [1.807, 2.05) is 19.1 Å². The number of pyridine rings is 1. The average Bonchev–Trinajstić information content (AvgIpc) is 3.35. The lowest BCUT2D eigenvalue weighted by atomic mass is 9.96. The van der Waals surface area contributed by atoms with Gasteiger partial charge in [0.05, 0.1) is 12.0 Å². The van der Waals surface area contributed by atoms with E-state index in [9.17, 15) is 9.59 Å². The van der Waals surface area contributed by atoms with Gasteiger partial charge in [-0.1, -0.05) is 25.8 Å². The van der Waals surface area contributed by atoms with Crippen molar-refractivity contribution < 1.29 is 19.1 Å². The van der Waals surface area contributed by atoms with Gasteiger partial charge in [0, 0.05) is 24.2 Å². The third kappa shape index (κ3) is 4.60. The van der Waals surface area contributed by atoms with Gasteiger partial charge in [-0.05, 0) is 50.0 Å². The molecule has 3 fully saturated rings. The van der Waals surface area contributed by atoms with Crippen LogP contribution in [0.1, 0.15) is 51.0 Å². The molecule has 3 N–H and O–H groups in total. The third-order valence-electron chi connectivity index (χ3n) is 6.79. The molecule has 1 aromatic rings. The molecule has 1 aromatic heterocycles. The zero-order valence-electron chi connectivity index (χ0n) is 18.9. The molecule has 4 aliphatic rings. The van der Waals surface area contributed by atoms with Crippen LogP contribution in [0, 0.1) is 5.92 Å². The number of nitrogens with zero attached hydrogens (tertiary/aromatic N) is 1. The van der Waals surface area contributed by atoms with Gasteiger partial charge in [0.25, 0.3) is 0 Å². The summed E-state index contributed by atoms with van der Waals surface area (Å²) in [5, 5.41) is 8.91. The van der Waals surface area contributed by atoms with Gasteiger partial charge < -0.3 is 25.4 Å². The average molecular weight is 451 g/mol. The van der Waals surface area contributed by atoms with Gasteiger partial charge in [-0.2, -0.15) is 0 Å². The minimum atomic E-state index is -0.107. The Morgan fingerprint density at radius 3 is 2.85 bits per heavy atom. The van der Waals surface area contributed by atoms with Gasteiger partial charge >= 0.3 is 6.03 Å². The Hall–Kier alpha value is -3.29. The summed E-state index contributed by atoms with van der Waals surface area (Å²) >= 11 is 0. The van der Waals surface area contributed by atoms with Crippen LogP contribution in [0.15, 0.2) is 48.1 Å². The molecule has 0 spiro atoms. The lowest BCUT2D eigenvalue weighted by molar-refractivity contribution is -0.116. The zero-order chi connectivity index (χ0) is 22.9. The van der Waals surface area contributed by atoms with Gasteiger partial charge in [0.1, 0.15) is 29.2 Å². The number of aromatic nitrogens is 1. The number of urea groups is 1. The minimum absolute atomic E-state index is 0.0156. The van der Waals surface area contributed by atoms with E-state index >= 15 is 0 Å². The Balaban J connectivity index is 1.15. The van der Waals surface area contributed by atoms with Gasteiger partial charge in [-0.15, -0.1) is 0 Å². The van der Waals surface area contributed by atoms with Crippen molar-refractivity contribution in [1.29, 1.82) is 0 Å². The molecular formula is C25H30N4O4. The molecule has 3 amide bonds. The molecule has 0 unspecified atom stereocenters. The highest BCUT2D eigenvalue weighted by molar-refractivity contribution is 5.93. The fourth-order valence-electron chi connectivity index (χ4n) is 4.93. The summed E-state index contributed by atoms with van der Waals surface area (Å²) in [4.78, 5) is 28.1. The highest BCUT2D eigenvalue weighted by Gasteiger charge is 2.60. The number of nitrogens with one attached hydrogen (secondary N) is 3. The molecule has 5 rings (SSSR count). The molecule has 0 aromatic carbocycles. The number of carbonyl (C=O) groups excluding carboxylic acids is 2. The van der Waals surface area contributed by atoms with E-state index in [1.54, 1.807) is 12.3 Å². The SMILES string of the molecule is C=C1/C(=C\C=C(/C)Oc2ccnc3c2CCC(=O)N3)O[C@@H]2[C@@H](NC(=O)NC3CCCCC3)[C@H]12. The van der Waals surface area contributed by atoms with E-state index in [1.165, 1.54) is 19.3 Å². The molecule has 2 saturated carbocycles. The molecule has 3 heterocycles. The maximum atomic E-state index is 12.3. The second-order valence-corrected chi connectivity index (χ2v) is 9.21. The Morgan fingerprint density at radius 2 is 2.09 bits per heavy atom. The van der Waals surface area contributed by atoms with Crippen molar-refractivity contribution in [2.24, 2.45) is 5.92 Å². The molecule has 33 heavy (non-hydrogen) atoms. The lowest BCUT2D eigenvalue weighted by Gasteiger charge is -2.23. The minimum Gasteiger partial charge on any atom is -0.487 e. The number of ether oxygens (including phenoxy) is 2. The van der Waals surface area contributed by atoms with Crippen molar-refractivity contribution in [1.82, 2.24) is 15.6 Å². The maximum absolute atomic E-state index is 12.3. The Bertz CT molecular complexity index is 1040. The molecule has 2 aliphatic heterocycles. The van der Waals surface area contributed by atoms with Crippen LogP contribution < -0.4 is 20.7 Å². The Morgan fingerprint density at radius 1 is 1.27 bits per heavy atom. The second kappa shape index (κ2) is 8.92. The summed E-state index contributed by atoms with van der Waals surface area (Å²) in [6.45, 7) is 6.04. The second-order valence-electron chi connectivity index (χ2n) is 9.21. The van der Waals surface area contributed by atoms with E-state index in [-0.39, 0.29) is 36.0 Å². The zero-order valence-corrected chi connectivity index (χ0v) is 18.9. The van der Waals surface area contributed by atoms with E-state index in [2.05, 4.69) is 27.5 Å². The van der Waals surface area contributed by atoms with Crippen molar-refractivity contribution in [2.75, 3.05) is 5.32 Å². The van der Waals surface area contributed by atoms with Gasteiger partial charge in [0.15, 0.2) is 0 Å². The number of hydrogen-bond acceptors (Lipinski definition) is 5. The smallest absolute Gasteiger partial charge is 0.315 e. The predicted molar refractivity (Wildman–Crippen MR) is 123 cm³/mol. The Labute approximate surface area is 193 Å². The fraction of sp³-hybridized carbons (Fsp3) is 0.480. The molecular weight excluding hydrogens is 420 g/mol. The quantitative estimate of drug-likeness (QED) is 0.594. The van der Waals surface area contributed by atoms with Gasteiger partial charge in [0.2, 0.25) is 5.91 Å². The third-order valence-corrected chi connectivity index (χ3v) is 6.79. The molecule has 3 atom stereocenters. The number of hydrogen-bond donors (Lipinski definition) is 3. The summed E-state index contributed by atoms with van der Waals surface area (Å²) in [5.41, 5.74) is 1.80. The molecule has 8 heteroatoms. The van der Waals surface area contributed by atoms with Crippen molar-refractivity contribution in [3.8, 4) is 5.75 Å². The highest BCUT2D eigenvalue weighted by atomic mass is 16.5. The van der Waals surface area contributed by atoms with Crippen LogP contribution in [-0.2, 0) is 16.0 Å². The van der Waals surface area contributed by atoms with Crippen LogP contribution in [0.5, 0.6) is 5.75 Å². The molecule has 0 bridgehead atoms. The van der Waals surface area contributed by atoms with Crippen molar-refractivity contribution in [3.63, 3.8) is 0 Å². The highest BCUT2D eigenvalue weighted by Crippen LogP contribution is 2.50. The largest absolute Gasteiger partial charge is 0.487 e. The van der Waals surface area contributed by atoms with Crippen LogP contribution in [0.3, 0.4) is 0 Å². The molecule has 174 valence electrons. The summed E-state index contributed by atoms with van der Waals surface area (Å²) in [7, 11) is 0. The number of rotatable bonds is 5. The molecule has 2 aliphatic carbocycles. The van der Waals surface area contributed by atoms with Crippen LogP contribution in [0.4, 0.5) is 10.6 Å². The lowest BCUT2D eigenvalue weighted by Crippen LogP contribution is -2.44. The number of amides is 3. The summed E-state index contributed by atoms with van der Waals surface area (Å²) in [6, 6.07) is 1.96. The van der Waals surface area contributed by atoms with Crippen molar-refractivity contribution in [2.45, 2.75) is 70.1 Å². The van der Waals surface area contributed by atoms with Gasteiger partial charge in [-0.3, -0.25) is 4.79 Å². The number of carbonyl (C=O) groups is 2. The van der Waals surface area contributed by atoms with Crippen LogP contribution in [-0.4, -0.2) is 35.1 Å². The first kappa shape index (κ1) is 21.6. The Kier molecular flexibility index (Phi) is 5.83. The van der Waals surface area contributed by atoms with Gasteiger partial charge in [-0.25, -0.2) is 9.78 Å². The monoisotopic (exact) mass is 450 g/mol. The standard InChI is InChI=1S/C25H30N4O4/c1-14(32-19-12-13-26-24-17(19)9-11-20(30)28-24)8-10-18-15(2)21-22(23(21)33-18)29-25(31)27-16-6-4-3-5-7-16/h8,10,12-13,16,21-23H,2-7,9,11H2,1H3,(H,26,28,30)(H2,27,29,31)/b14-8+,18-10+/t21-,22-,23-/m0/s1. The maximum Gasteiger partial charge on any atom is 0.315 e. The first-order valence-electron chi connectivity index (χ1n) is 11.8. The van der Waals surface area contributed by atoms with E-state index < -0.39 is 0 Å². The number of anilines is 1. The van der Waals surface area contributed by atoms with Crippen LogP contribution in [0.25, 0.3) is 0 Å².